The molecule has 2 heterocycles. The number of hydrogen-bond donors (Lipinski definition) is 0. The zero-order chi connectivity index (χ0) is 18.8. The molecule has 2 amide bonds. The number of fused-ring (bicyclic) bond motifs is 1. The third-order valence-electron chi connectivity index (χ3n) is 3.96. The Hall–Kier alpha value is -2.71. The van der Waals surface area contributed by atoms with Crippen LogP contribution in [0.25, 0.3) is 0 Å². The Kier molecular flexibility index (Phi) is 5.24. The van der Waals surface area contributed by atoms with Crippen molar-refractivity contribution >= 4 is 23.5 Å². The van der Waals surface area contributed by atoms with Crippen molar-refractivity contribution in [2.24, 2.45) is 0 Å². The summed E-state index contributed by atoms with van der Waals surface area (Å²) in [5.41, 5.74) is -1.19. The fraction of sp³-hybridized carbons (Fsp3) is 0.562. The molecule has 0 radical (unpaired) electrons. The highest BCUT2D eigenvalue weighted by molar-refractivity contribution is 6.04. The summed E-state index contributed by atoms with van der Waals surface area (Å²) in [4.78, 5) is 42.0. The number of likely N-dealkylation sites (N-methyl/N-ethyl adjacent to an activating group) is 1. The van der Waals surface area contributed by atoms with Gasteiger partial charge in [-0.1, -0.05) is 13.3 Å². The van der Waals surface area contributed by atoms with Gasteiger partial charge in [0.05, 0.1) is 0 Å². The van der Waals surface area contributed by atoms with E-state index in [0.717, 1.165) is 17.7 Å². The van der Waals surface area contributed by atoms with Crippen molar-refractivity contribution in [1.29, 1.82) is 0 Å². The number of anilines is 1. The van der Waals surface area contributed by atoms with Crippen molar-refractivity contribution in [3.8, 4) is 5.75 Å². The highest BCUT2D eigenvalue weighted by Crippen LogP contribution is 2.37. The molecule has 0 spiro atoms. The van der Waals surface area contributed by atoms with E-state index in [1.54, 1.807) is 20.9 Å². The lowest BCUT2D eigenvalue weighted by Crippen LogP contribution is -2.55. The number of unbranched alkanes of at least 4 members (excludes halogenated alkanes) is 1. The average molecular weight is 350 g/mol. The molecule has 0 bridgehead atoms. The Morgan fingerprint density at radius 1 is 1.44 bits per heavy atom. The van der Waals surface area contributed by atoms with Crippen LogP contribution < -0.4 is 9.64 Å². The van der Waals surface area contributed by atoms with Crippen molar-refractivity contribution in [2.75, 3.05) is 25.0 Å². The quantitative estimate of drug-likeness (QED) is 0.571. The summed E-state index contributed by atoms with van der Waals surface area (Å²) < 4.78 is 5.60. The number of nitrogens with zero attached hydrogens (tertiary/aromatic N) is 4. The first-order valence-electron chi connectivity index (χ1n) is 8.07. The van der Waals surface area contributed by atoms with E-state index in [-0.39, 0.29) is 24.0 Å². The molecular weight excluding hydrogens is 328 g/mol. The van der Waals surface area contributed by atoms with Crippen LogP contribution >= 0.6 is 0 Å². The normalized spacial score (nSPS) is 15.4. The molecule has 0 aromatic carbocycles. The van der Waals surface area contributed by atoms with Crippen LogP contribution in [0.4, 0.5) is 11.6 Å². The first kappa shape index (κ1) is 18.6. The van der Waals surface area contributed by atoms with Gasteiger partial charge in [0.1, 0.15) is 6.54 Å². The fourth-order valence-corrected chi connectivity index (χ4v) is 2.46. The van der Waals surface area contributed by atoms with Gasteiger partial charge in [-0.2, -0.15) is 0 Å². The average Bonchev–Trinajstić information content (AvgIpc) is 2.55. The summed E-state index contributed by atoms with van der Waals surface area (Å²) >= 11 is 0. The Morgan fingerprint density at radius 3 is 2.72 bits per heavy atom. The van der Waals surface area contributed by atoms with Gasteiger partial charge >= 0.3 is 5.82 Å². The van der Waals surface area contributed by atoms with Gasteiger partial charge in [0.2, 0.25) is 5.91 Å². The molecule has 25 heavy (non-hydrogen) atoms. The van der Waals surface area contributed by atoms with E-state index in [2.05, 4.69) is 4.98 Å². The van der Waals surface area contributed by atoms with Crippen molar-refractivity contribution in [2.45, 2.75) is 39.2 Å². The number of carbonyl (C=O) groups is 2. The third-order valence-corrected chi connectivity index (χ3v) is 3.96. The van der Waals surface area contributed by atoms with E-state index in [1.807, 2.05) is 6.92 Å². The molecule has 1 aliphatic rings. The molecule has 1 aromatic heterocycles. The van der Waals surface area contributed by atoms with Crippen LogP contribution in [0.1, 0.15) is 33.6 Å². The van der Waals surface area contributed by atoms with E-state index < -0.39 is 22.2 Å². The van der Waals surface area contributed by atoms with Crippen LogP contribution in [0.2, 0.25) is 0 Å². The van der Waals surface area contributed by atoms with Crippen LogP contribution in [-0.4, -0.2) is 52.4 Å². The Labute approximate surface area is 145 Å². The largest absolute Gasteiger partial charge is 0.472 e. The van der Waals surface area contributed by atoms with E-state index in [9.17, 15) is 19.7 Å². The first-order chi connectivity index (χ1) is 11.7. The number of amides is 2. The van der Waals surface area contributed by atoms with E-state index in [4.69, 9.17) is 4.74 Å². The molecule has 0 saturated carbocycles. The minimum atomic E-state index is -1.19. The predicted octanol–water partition coefficient (Wildman–Crippen LogP) is 1.75. The smallest absolute Gasteiger partial charge is 0.366 e. The summed E-state index contributed by atoms with van der Waals surface area (Å²) in [5.74, 6) is -0.911. The molecule has 1 aromatic rings. The number of aromatic nitrogens is 1. The molecular formula is C16H22N4O5. The fourth-order valence-electron chi connectivity index (χ4n) is 2.46. The van der Waals surface area contributed by atoms with Crippen molar-refractivity contribution in [1.82, 2.24) is 9.88 Å². The Morgan fingerprint density at radius 2 is 2.12 bits per heavy atom. The molecule has 9 nitrogen and oxygen atoms in total. The Balaban J connectivity index is 2.35. The topological polar surface area (TPSA) is 106 Å². The van der Waals surface area contributed by atoms with Crippen LogP contribution in [0.3, 0.4) is 0 Å². The van der Waals surface area contributed by atoms with Crippen molar-refractivity contribution in [3.63, 3.8) is 0 Å². The predicted molar refractivity (Wildman–Crippen MR) is 90.5 cm³/mol. The molecule has 0 atom stereocenters. The van der Waals surface area contributed by atoms with Gasteiger partial charge in [-0.3, -0.25) is 14.5 Å². The summed E-state index contributed by atoms with van der Waals surface area (Å²) in [5, 5.41) is 11.0. The zero-order valence-corrected chi connectivity index (χ0v) is 14.8. The standard InChI is InChI=1S/C16H22N4O5/c1-5-6-9-18(4)13(21)10-19-14-11(25-16(2,3)15(19)22)7-8-12(17-14)20(23)24/h7-8H,5-6,9-10H2,1-4H3. The summed E-state index contributed by atoms with van der Waals surface area (Å²) in [7, 11) is 1.66. The van der Waals surface area contributed by atoms with Crippen LogP contribution in [0.5, 0.6) is 5.75 Å². The van der Waals surface area contributed by atoms with E-state index in [0.29, 0.717) is 6.54 Å². The maximum absolute atomic E-state index is 12.7. The summed E-state index contributed by atoms with van der Waals surface area (Å²) in [6.45, 7) is 5.51. The molecule has 0 aliphatic carbocycles. The molecule has 0 N–H and O–H groups in total. The number of hydrogen-bond acceptors (Lipinski definition) is 6. The van der Waals surface area contributed by atoms with Crippen LogP contribution in [-0.2, 0) is 9.59 Å². The highest BCUT2D eigenvalue weighted by Gasteiger charge is 2.45. The van der Waals surface area contributed by atoms with Gasteiger partial charge in [-0.05, 0) is 36.2 Å². The molecule has 136 valence electrons. The molecule has 9 heteroatoms. The second kappa shape index (κ2) is 7.04. The van der Waals surface area contributed by atoms with Crippen molar-refractivity contribution in [3.05, 3.63) is 22.2 Å². The lowest BCUT2D eigenvalue weighted by molar-refractivity contribution is -0.389. The second-order valence-electron chi connectivity index (χ2n) is 6.42. The lowest BCUT2D eigenvalue weighted by Gasteiger charge is -2.36. The van der Waals surface area contributed by atoms with Gasteiger partial charge in [0, 0.05) is 19.7 Å². The summed E-state index contributed by atoms with van der Waals surface area (Å²) in [6.07, 6.45) is 1.79. The van der Waals surface area contributed by atoms with Crippen LogP contribution in [0, 0.1) is 10.1 Å². The van der Waals surface area contributed by atoms with Gasteiger partial charge < -0.3 is 19.8 Å². The monoisotopic (exact) mass is 350 g/mol. The van der Waals surface area contributed by atoms with Crippen LogP contribution in [0.15, 0.2) is 12.1 Å². The SMILES string of the molecule is CCCCN(C)C(=O)CN1C(=O)C(C)(C)Oc2ccc([N+](=O)[O-])nc21. The number of carbonyl (C=O) groups excluding carboxylic acids is 2. The van der Waals surface area contributed by atoms with E-state index >= 15 is 0 Å². The number of nitro groups is 1. The maximum atomic E-state index is 12.7. The second-order valence-corrected chi connectivity index (χ2v) is 6.42. The van der Waals surface area contributed by atoms with Gasteiger partial charge in [0.25, 0.3) is 11.7 Å². The Bertz CT molecular complexity index is 704. The molecule has 2 rings (SSSR count). The number of ether oxygens (including phenoxy) is 1. The minimum absolute atomic E-state index is 0.00392. The molecule has 0 fully saturated rings. The van der Waals surface area contributed by atoms with Crippen molar-refractivity contribution < 1.29 is 19.2 Å². The lowest BCUT2D eigenvalue weighted by atomic mass is 10.1. The van der Waals surface area contributed by atoms with Gasteiger partial charge in [0.15, 0.2) is 11.4 Å². The minimum Gasteiger partial charge on any atom is -0.472 e. The van der Waals surface area contributed by atoms with Gasteiger partial charge in [-0.25, -0.2) is 0 Å². The number of pyridine rings is 1. The molecule has 0 unspecified atom stereocenters. The zero-order valence-electron chi connectivity index (χ0n) is 14.8. The third kappa shape index (κ3) is 3.86. The van der Waals surface area contributed by atoms with E-state index in [1.165, 1.54) is 17.0 Å². The van der Waals surface area contributed by atoms with Gasteiger partial charge in [-0.15, -0.1) is 0 Å². The molecule has 1 aliphatic heterocycles. The summed E-state index contributed by atoms with van der Waals surface area (Å²) in [6, 6.07) is 2.60. The molecule has 0 saturated heterocycles. The highest BCUT2D eigenvalue weighted by atomic mass is 16.6. The maximum Gasteiger partial charge on any atom is 0.366 e. The first-order valence-corrected chi connectivity index (χ1v) is 8.07. The number of rotatable bonds is 6.